The molecule has 1 amide bonds. The zero-order valence-corrected chi connectivity index (χ0v) is 17.9. The van der Waals surface area contributed by atoms with Gasteiger partial charge in [0, 0.05) is 24.6 Å². The van der Waals surface area contributed by atoms with Gasteiger partial charge in [-0.05, 0) is 43.6 Å². The second-order valence-electron chi connectivity index (χ2n) is 7.41. The lowest BCUT2D eigenvalue weighted by molar-refractivity contribution is -0.121. The summed E-state index contributed by atoms with van der Waals surface area (Å²) in [5.74, 6) is -0.387. The van der Waals surface area contributed by atoms with Crippen LogP contribution in [0.4, 0.5) is 10.1 Å². The standard InChI is InChI=1S/C23H27FN2O5/c1-29-20-12-18(23(28)31-3)19(13-21(20)30-2)25-22(27)16-8-10-26(11-9-16)14-15-4-6-17(24)7-5-15/h4-7,12-13,16H,8-11,14H2,1-3H3,(H,25,27). The lowest BCUT2D eigenvalue weighted by Gasteiger charge is -2.31. The molecule has 0 aromatic heterocycles. The number of benzene rings is 2. The van der Waals surface area contributed by atoms with Gasteiger partial charge in [-0.3, -0.25) is 9.69 Å². The van der Waals surface area contributed by atoms with E-state index in [1.165, 1.54) is 39.5 Å². The number of hydrogen-bond donors (Lipinski definition) is 1. The van der Waals surface area contributed by atoms with E-state index >= 15 is 0 Å². The van der Waals surface area contributed by atoms with Crippen LogP contribution in [0.25, 0.3) is 0 Å². The van der Waals surface area contributed by atoms with Crippen LogP contribution in [0.3, 0.4) is 0 Å². The second kappa shape index (κ2) is 10.3. The van der Waals surface area contributed by atoms with Crippen molar-refractivity contribution in [2.45, 2.75) is 19.4 Å². The fraction of sp³-hybridized carbons (Fsp3) is 0.391. The first kappa shape index (κ1) is 22.6. The Balaban J connectivity index is 1.65. The molecule has 8 heteroatoms. The van der Waals surface area contributed by atoms with Crippen LogP contribution in [0.1, 0.15) is 28.8 Å². The molecule has 7 nitrogen and oxygen atoms in total. The third-order valence-electron chi connectivity index (χ3n) is 5.46. The first-order valence-electron chi connectivity index (χ1n) is 10.1. The molecule has 2 aromatic carbocycles. The van der Waals surface area contributed by atoms with Crippen LogP contribution in [0.2, 0.25) is 0 Å². The van der Waals surface area contributed by atoms with E-state index in [2.05, 4.69) is 10.2 Å². The van der Waals surface area contributed by atoms with Crippen LogP contribution in [0.5, 0.6) is 11.5 Å². The van der Waals surface area contributed by atoms with E-state index < -0.39 is 5.97 Å². The molecule has 166 valence electrons. The number of amides is 1. The maximum Gasteiger partial charge on any atom is 0.340 e. The minimum absolute atomic E-state index is 0.154. The molecule has 0 spiro atoms. The lowest BCUT2D eigenvalue weighted by Crippen LogP contribution is -2.38. The molecule has 1 fully saturated rings. The average Bonchev–Trinajstić information content (AvgIpc) is 2.80. The van der Waals surface area contributed by atoms with Crippen molar-refractivity contribution in [3.05, 3.63) is 53.3 Å². The van der Waals surface area contributed by atoms with Crippen molar-refractivity contribution in [2.75, 3.05) is 39.7 Å². The highest BCUT2D eigenvalue weighted by Gasteiger charge is 2.27. The Hall–Kier alpha value is -3.13. The molecule has 1 N–H and O–H groups in total. The summed E-state index contributed by atoms with van der Waals surface area (Å²) in [6.07, 6.45) is 1.38. The molecule has 0 saturated carbocycles. The molecule has 0 unspecified atom stereocenters. The van der Waals surface area contributed by atoms with Gasteiger partial charge in [0.15, 0.2) is 11.5 Å². The predicted molar refractivity (Wildman–Crippen MR) is 114 cm³/mol. The van der Waals surface area contributed by atoms with Gasteiger partial charge in [0.25, 0.3) is 0 Å². The summed E-state index contributed by atoms with van der Waals surface area (Å²) in [4.78, 5) is 27.3. The minimum atomic E-state index is -0.578. The van der Waals surface area contributed by atoms with Crippen LogP contribution < -0.4 is 14.8 Å². The average molecular weight is 430 g/mol. The number of ether oxygens (including phenoxy) is 3. The molecule has 1 heterocycles. The van der Waals surface area contributed by atoms with E-state index in [1.807, 2.05) is 0 Å². The third kappa shape index (κ3) is 5.52. The molecular weight excluding hydrogens is 403 g/mol. The number of carbonyl (C=O) groups excluding carboxylic acids is 2. The van der Waals surface area contributed by atoms with Gasteiger partial charge in [-0.15, -0.1) is 0 Å². The second-order valence-corrected chi connectivity index (χ2v) is 7.41. The molecule has 1 aliphatic heterocycles. The van der Waals surface area contributed by atoms with E-state index in [4.69, 9.17) is 14.2 Å². The Bertz CT molecular complexity index is 924. The van der Waals surface area contributed by atoms with Crippen molar-refractivity contribution >= 4 is 17.6 Å². The Morgan fingerprint density at radius 3 is 2.23 bits per heavy atom. The Labute approximate surface area is 181 Å². The van der Waals surface area contributed by atoms with Crippen LogP contribution in [0.15, 0.2) is 36.4 Å². The number of rotatable bonds is 7. The van der Waals surface area contributed by atoms with E-state index in [0.29, 0.717) is 30.0 Å². The molecule has 2 aromatic rings. The summed E-state index contributed by atoms with van der Waals surface area (Å²) >= 11 is 0. The molecule has 3 rings (SSSR count). The predicted octanol–water partition coefficient (Wildman–Crippen LogP) is 3.48. The quantitative estimate of drug-likeness (QED) is 0.678. The maximum absolute atomic E-state index is 13.1. The number of esters is 1. The van der Waals surface area contributed by atoms with Crippen LogP contribution in [-0.2, 0) is 16.1 Å². The van der Waals surface area contributed by atoms with Gasteiger partial charge in [-0.2, -0.15) is 0 Å². The molecular formula is C23H27FN2O5. The molecule has 0 radical (unpaired) electrons. The summed E-state index contributed by atoms with van der Waals surface area (Å²) in [6.45, 7) is 2.23. The van der Waals surface area contributed by atoms with Crippen molar-refractivity contribution < 1.29 is 28.2 Å². The number of likely N-dealkylation sites (tertiary alicyclic amines) is 1. The first-order chi connectivity index (χ1) is 14.9. The summed E-state index contributed by atoms with van der Waals surface area (Å²) in [6, 6.07) is 9.52. The summed E-state index contributed by atoms with van der Waals surface area (Å²) < 4.78 is 28.4. The van der Waals surface area contributed by atoms with Gasteiger partial charge < -0.3 is 19.5 Å². The number of halogens is 1. The van der Waals surface area contributed by atoms with Crippen molar-refractivity contribution in [1.82, 2.24) is 4.90 Å². The van der Waals surface area contributed by atoms with Gasteiger partial charge in [-0.25, -0.2) is 9.18 Å². The molecule has 0 aliphatic carbocycles. The van der Waals surface area contributed by atoms with Gasteiger partial charge in [0.2, 0.25) is 5.91 Å². The number of nitrogens with one attached hydrogen (secondary N) is 1. The number of anilines is 1. The zero-order valence-electron chi connectivity index (χ0n) is 17.9. The largest absolute Gasteiger partial charge is 0.493 e. The van der Waals surface area contributed by atoms with Crippen LogP contribution in [0, 0.1) is 11.7 Å². The SMILES string of the molecule is COC(=O)c1cc(OC)c(OC)cc1NC(=O)C1CCN(Cc2ccc(F)cc2)CC1. The monoisotopic (exact) mass is 430 g/mol. The van der Waals surface area contributed by atoms with Crippen molar-refractivity contribution in [2.24, 2.45) is 5.92 Å². The highest BCUT2D eigenvalue weighted by atomic mass is 19.1. The fourth-order valence-electron chi connectivity index (χ4n) is 3.70. The maximum atomic E-state index is 13.1. The number of methoxy groups -OCH3 is 3. The van der Waals surface area contributed by atoms with Crippen LogP contribution >= 0.6 is 0 Å². The molecule has 1 saturated heterocycles. The Morgan fingerprint density at radius 1 is 1.03 bits per heavy atom. The van der Waals surface area contributed by atoms with E-state index in [1.54, 1.807) is 18.2 Å². The van der Waals surface area contributed by atoms with E-state index in [9.17, 15) is 14.0 Å². The summed E-state index contributed by atoms with van der Waals surface area (Å²) in [5, 5.41) is 2.86. The van der Waals surface area contributed by atoms with Gasteiger partial charge in [0.1, 0.15) is 5.82 Å². The normalized spacial score (nSPS) is 14.7. The highest BCUT2D eigenvalue weighted by molar-refractivity contribution is 6.02. The minimum Gasteiger partial charge on any atom is -0.493 e. The third-order valence-corrected chi connectivity index (χ3v) is 5.46. The lowest BCUT2D eigenvalue weighted by atomic mass is 9.95. The molecule has 31 heavy (non-hydrogen) atoms. The van der Waals surface area contributed by atoms with Crippen molar-refractivity contribution in [1.29, 1.82) is 0 Å². The topological polar surface area (TPSA) is 77.1 Å². The highest BCUT2D eigenvalue weighted by Crippen LogP contribution is 2.34. The summed E-state index contributed by atoms with van der Waals surface area (Å²) in [5.41, 5.74) is 1.56. The van der Waals surface area contributed by atoms with E-state index in [0.717, 1.165) is 25.2 Å². The van der Waals surface area contributed by atoms with E-state index in [-0.39, 0.29) is 23.2 Å². The number of hydrogen-bond acceptors (Lipinski definition) is 6. The molecule has 0 atom stereocenters. The van der Waals surface area contributed by atoms with Crippen LogP contribution in [-0.4, -0.2) is 51.2 Å². The van der Waals surface area contributed by atoms with Crippen molar-refractivity contribution in [3.8, 4) is 11.5 Å². The molecule has 0 bridgehead atoms. The number of carbonyl (C=O) groups is 2. The zero-order chi connectivity index (χ0) is 22.4. The van der Waals surface area contributed by atoms with Gasteiger partial charge >= 0.3 is 5.97 Å². The van der Waals surface area contributed by atoms with Gasteiger partial charge in [-0.1, -0.05) is 12.1 Å². The van der Waals surface area contributed by atoms with Gasteiger partial charge in [0.05, 0.1) is 32.6 Å². The first-order valence-corrected chi connectivity index (χ1v) is 10.1. The summed E-state index contributed by atoms with van der Waals surface area (Å²) in [7, 11) is 4.23. The smallest absolute Gasteiger partial charge is 0.340 e. The number of piperidine rings is 1. The fourth-order valence-corrected chi connectivity index (χ4v) is 3.70. The van der Waals surface area contributed by atoms with Crippen molar-refractivity contribution in [3.63, 3.8) is 0 Å². The molecule has 1 aliphatic rings. The number of nitrogens with zero attached hydrogens (tertiary/aromatic N) is 1. The Morgan fingerprint density at radius 2 is 1.65 bits per heavy atom. The Kier molecular flexibility index (Phi) is 7.46.